The van der Waals surface area contributed by atoms with E-state index in [1.165, 1.54) is 0 Å². The van der Waals surface area contributed by atoms with Gasteiger partial charge < -0.3 is 10.2 Å². The summed E-state index contributed by atoms with van der Waals surface area (Å²) in [5.41, 5.74) is 2.33. The SMILES string of the molecule is CC(C(=O)O)C1(C(C)C(=O)O)c2ccccc2-c2ccccc21. The van der Waals surface area contributed by atoms with E-state index in [2.05, 4.69) is 0 Å². The summed E-state index contributed by atoms with van der Waals surface area (Å²) in [5, 5.41) is 19.4. The van der Waals surface area contributed by atoms with Crippen LogP contribution in [0.1, 0.15) is 25.0 Å². The summed E-state index contributed by atoms with van der Waals surface area (Å²) in [6.45, 7) is 3.20. The molecule has 118 valence electrons. The fourth-order valence-corrected chi connectivity index (χ4v) is 4.00. The van der Waals surface area contributed by atoms with Crippen molar-refractivity contribution in [1.29, 1.82) is 0 Å². The minimum absolute atomic E-state index is 0.783. The molecule has 2 unspecified atom stereocenters. The van der Waals surface area contributed by atoms with Crippen molar-refractivity contribution in [3.05, 3.63) is 59.7 Å². The summed E-state index contributed by atoms with van der Waals surface area (Å²) in [4.78, 5) is 23.7. The number of aliphatic carboxylic acids is 2. The molecule has 0 bridgehead atoms. The van der Waals surface area contributed by atoms with Crippen molar-refractivity contribution in [3.63, 3.8) is 0 Å². The van der Waals surface area contributed by atoms with Gasteiger partial charge in [0.25, 0.3) is 0 Å². The Hall–Kier alpha value is -2.62. The van der Waals surface area contributed by atoms with Crippen molar-refractivity contribution in [2.75, 3.05) is 0 Å². The summed E-state index contributed by atoms with van der Waals surface area (Å²) < 4.78 is 0. The van der Waals surface area contributed by atoms with Crippen molar-refractivity contribution in [3.8, 4) is 11.1 Å². The summed E-state index contributed by atoms with van der Waals surface area (Å²) in [6.07, 6.45) is 0. The van der Waals surface area contributed by atoms with Gasteiger partial charge in [0.2, 0.25) is 0 Å². The molecule has 0 saturated carbocycles. The molecule has 4 heteroatoms. The summed E-state index contributed by atoms with van der Waals surface area (Å²) in [5.74, 6) is -3.72. The standard InChI is InChI=1S/C19H18O4/c1-11(17(20)21)19(12(2)18(22)23)15-9-5-3-7-13(15)14-8-4-6-10-16(14)19/h3-12H,1-2H3,(H,20,21)(H,22,23). The number of fused-ring (bicyclic) bond motifs is 3. The fraction of sp³-hybridized carbons (Fsp3) is 0.263. The molecule has 0 radical (unpaired) electrons. The predicted molar refractivity (Wildman–Crippen MR) is 86.3 cm³/mol. The van der Waals surface area contributed by atoms with Crippen molar-refractivity contribution in [2.45, 2.75) is 19.3 Å². The van der Waals surface area contributed by atoms with Crippen molar-refractivity contribution in [1.82, 2.24) is 0 Å². The van der Waals surface area contributed by atoms with Crippen LogP contribution in [0, 0.1) is 11.8 Å². The second-order valence-corrected chi connectivity index (χ2v) is 6.08. The van der Waals surface area contributed by atoms with Crippen LogP contribution in [0.15, 0.2) is 48.5 Å². The molecule has 0 saturated heterocycles. The monoisotopic (exact) mass is 310 g/mol. The summed E-state index contributed by atoms with van der Waals surface area (Å²) in [7, 11) is 0. The number of rotatable bonds is 4. The van der Waals surface area contributed by atoms with Crippen LogP contribution in [0.2, 0.25) is 0 Å². The smallest absolute Gasteiger partial charge is 0.307 e. The summed E-state index contributed by atoms with van der Waals surface area (Å²) >= 11 is 0. The lowest BCUT2D eigenvalue weighted by Crippen LogP contribution is -2.46. The molecule has 4 nitrogen and oxygen atoms in total. The highest BCUT2D eigenvalue weighted by Crippen LogP contribution is 2.56. The van der Waals surface area contributed by atoms with Crippen molar-refractivity contribution in [2.24, 2.45) is 11.8 Å². The van der Waals surface area contributed by atoms with E-state index < -0.39 is 29.2 Å². The molecule has 0 aliphatic heterocycles. The number of hydrogen-bond acceptors (Lipinski definition) is 2. The molecule has 0 aromatic heterocycles. The maximum Gasteiger partial charge on any atom is 0.307 e. The van der Waals surface area contributed by atoms with E-state index in [0.717, 1.165) is 22.3 Å². The third-order valence-electron chi connectivity index (χ3n) is 5.14. The zero-order valence-corrected chi connectivity index (χ0v) is 13.0. The molecular formula is C19H18O4. The molecular weight excluding hydrogens is 292 g/mol. The maximum absolute atomic E-state index is 11.8. The molecule has 0 heterocycles. The van der Waals surface area contributed by atoms with Gasteiger partial charge in [-0.05, 0) is 22.3 Å². The van der Waals surface area contributed by atoms with Gasteiger partial charge >= 0.3 is 11.9 Å². The molecule has 3 rings (SSSR count). The highest BCUT2D eigenvalue weighted by atomic mass is 16.4. The van der Waals surface area contributed by atoms with E-state index >= 15 is 0 Å². The number of carboxylic acids is 2. The second-order valence-electron chi connectivity index (χ2n) is 6.08. The van der Waals surface area contributed by atoms with E-state index in [1.807, 2.05) is 48.5 Å². The molecule has 1 aliphatic carbocycles. The zero-order chi connectivity index (χ0) is 16.8. The van der Waals surface area contributed by atoms with Gasteiger partial charge in [0, 0.05) is 5.41 Å². The van der Waals surface area contributed by atoms with Crippen LogP contribution in [0.3, 0.4) is 0 Å². The van der Waals surface area contributed by atoms with Crippen molar-refractivity contribution < 1.29 is 19.8 Å². The second kappa shape index (κ2) is 5.23. The Morgan fingerprint density at radius 1 is 0.783 bits per heavy atom. The van der Waals surface area contributed by atoms with Gasteiger partial charge in [-0.15, -0.1) is 0 Å². The van der Waals surface area contributed by atoms with Crippen LogP contribution in [0.25, 0.3) is 11.1 Å². The van der Waals surface area contributed by atoms with Crippen LogP contribution in [-0.2, 0) is 15.0 Å². The van der Waals surface area contributed by atoms with Crippen LogP contribution in [0.4, 0.5) is 0 Å². The van der Waals surface area contributed by atoms with Gasteiger partial charge in [-0.2, -0.15) is 0 Å². The number of hydrogen-bond donors (Lipinski definition) is 2. The highest BCUT2D eigenvalue weighted by molar-refractivity contribution is 5.89. The number of carbonyl (C=O) groups is 2. The maximum atomic E-state index is 11.8. The molecule has 2 N–H and O–H groups in total. The number of benzene rings is 2. The molecule has 1 aliphatic rings. The highest BCUT2D eigenvalue weighted by Gasteiger charge is 2.55. The first kappa shape index (κ1) is 15.3. The molecule has 2 atom stereocenters. The van der Waals surface area contributed by atoms with E-state index in [9.17, 15) is 19.8 Å². The lowest BCUT2D eigenvalue weighted by Gasteiger charge is -2.39. The minimum atomic E-state index is -1.08. The van der Waals surface area contributed by atoms with E-state index in [4.69, 9.17) is 0 Å². The fourth-order valence-electron chi connectivity index (χ4n) is 4.00. The lowest BCUT2D eigenvalue weighted by atomic mass is 9.61. The minimum Gasteiger partial charge on any atom is -0.481 e. The summed E-state index contributed by atoms with van der Waals surface area (Å²) in [6, 6.07) is 15.0. The quantitative estimate of drug-likeness (QED) is 0.907. The first-order valence-electron chi connectivity index (χ1n) is 7.57. The third kappa shape index (κ3) is 1.91. The van der Waals surface area contributed by atoms with Crippen LogP contribution in [0.5, 0.6) is 0 Å². The Balaban J connectivity index is 2.44. The molecule has 23 heavy (non-hydrogen) atoms. The number of carboxylic acid groups (broad SMARTS) is 2. The largest absolute Gasteiger partial charge is 0.481 e. The van der Waals surface area contributed by atoms with E-state index in [0.29, 0.717) is 0 Å². The van der Waals surface area contributed by atoms with Crippen LogP contribution < -0.4 is 0 Å². The molecule has 0 spiro atoms. The van der Waals surface area contributed by atoms with Gasteiger partial charge in [0.1, 0.15) is 0 Å². The third-order valence-corrected chi connectivity index (χ3v) is 5.14. The normalized spacial score (nSPS) is 17.0. The Morgan fingerprint density at radius 3 is 1.48 bits per heavy atom. The lowest BCUT2D eigenvalue weighted by molar-refractivity contribution is -0.148. The van der Waals surface area contributed by atoms with Gasteiger partial charge in [0.15, 0.2) is 0 Å². The molecule has 0 fully saturated rings. The van der Waals surface area contributed by atoms with Crippen molar-refractivity contribution >= 4 is 11.9 Å². The topological polar surface area (TPSA) is 74.6 Å². The zero-order valence-electron chi connectivity index (χ0n) is 13.0. The Kier molecular flexibility index (Phi) is 3.48. The van der Waals surface area contributed by atoms with Gasteiger partial charge in [-0.1, -0.05) is 62.4 Å². The first-order valence-corrected chi connectivity index (χ1v) is 7.57. The van der Waals surface area contributed by atoms with Gasteiger partial charge in [0.05, 0.1) is 11.8 Å². The Labute approximate surface area is 134 Å². The Morgan fingerprint density at radius 2 is 1.13 bits per heavy atom. The van der Waals surface area contributed by atoms with Crippen LogP contribution >= 0.6 is 0 Å². The Bertz CT molecular complexity index is 726. The average molecular weight is 310 g/mol. The molecule has 0 amide bonds. The van der Waals surface area contributed by atoms with E-state index in [-0.39, 0.29) is 0 Å². The predicted octanol–water partition coefficient (Wildman–Crippen LogP) is 3.39. The van der Waals surface area contributed by atoms with Crippen LogP contribution in [-0.4, -0.2) is 22.2 Å². The van der Waals surface area contributed by atoms with E-state index in [1.54, 1.807) is 13.8 Å². The first-order chi connectivity index (χ1) is 10.9. The average Bonchev–Trinajstić information content (AvgIpc) is 2.85. The van der Waals surface area contributed by atoms with Gasteiger partial charge in [-0.3, -0.25) is 9.59 Å². The molecule has 2 aromatic carbocycles. The molecule has 2 aromatic rings. The van der Waals surface area contributed by atoms with Gasteiger partial charge in [-0.25, -0.2) is 0 Å².